The van der Waals surface area contributed by atoms with E-state index in [0.29, 0.717) is 28.7 Å². The summed E-state index contributed by atoms with van der Waals surface area (Å²) in [5.41, 5.74) is 1.78. The molecule has 1 aliphatic carbocycles. The number of aromatic nitrogens is 5. The highest BCUT2D eigenvalue weighted by molar-refractivity contribution is 6.11. The number of carbonyl (C=O) groups excluding carboxylic acids is 1. The molecule has 0 atom stereocenters. The van der Waals surface area contributed by atoms with Gasteiger partial charge in [-0.05, 0) is 50.8 Å². The lowest BCUT2D eigenvalue weighted by Crippen LogP contribution is -2.29. The average molecular weight is 444 g/mol. The Labute approximate surface area is 190 Å². The van der Waals surface area contributed by atoms with Gasteiger partial charge in [0, 0.05) is 29.9 Å². The molecular weight excluding hydrogens is 418 g/mol. The second-order valence-corrected chi connectivity index (χ2v) is 8.31. The number of hydrogen-bond acceptors (Lipinski definition) is 7. The van der Waals surface area contributed by atoms with Crippen LogP contribution in [-0.2, 0) is 0 Å². The third-order valence-corrected chi connectivity index (χ3v) is 5.82. The van der Waals surface area contributed by atoms with Crippen LogP contribution >= 0.6 is 0 Å². The van der Waals surface area contributed by atoms with Crippen LogP contribution in [0.4, 0.5) is 11.8 Å². The minimum absolute atomic E-state index is 0.211. The number of rotatable bonds is 5. The number of nitrogens with zero attached hydrogens (tertiary/aromatic N) is 5. The molecule has 0 radical (unpaired) electrons. The molecule has 0 aliphatic heterocycles. The molecule has 0 bridgehead atoms. The molecule has 3 aromatic heterocycles. The summed E-state index contributed by atoms with van der Waals surface area (Å²) in [6, 6.07) is 13.0. The number of aryl methyl sites for hydroxylation is 1. The average Bonchev–Trinajstić information content (AvgIpc) is 3.20. The predicted octanol–water partition coefficient (Wildman–Crippen LogP) is 3.49. The van der Waals surface area contributed by atoms with Gasteiger partial charge < -0.3 is 15.7 Å². The molecular formula is C24H25N7O2. The lowest BCUT2D eigenvalue weighted by atomic mass is 9.93. The Bertz CT molecular complexity index is 1280. The molecule has 4 aromatic rings. The lowest BCUT2D eigenvalue weighted by Gasteiger charge is -2.26. The summed E-state index contributed by atoms with van der Waals surface area (Å²) in [4.78, 5) is 26.7. The van der Waals surface area contributed by atoms with Crippen LogP contribution in [-0.4, -0.2) is 47.9 Å². The van der Waals surface area contributed by atoms with Crippen LogP contribution in [0.3, 0.4) is 0 Å². The van der Waals surface area contributed by atoms with Crippen molar-refractivity contribution < 1.29 is 9.90 Å². The van der Waals surface area contributed by atoms with Gasteiger partial charge in [-0.2, -0.15) is 9.78 Å². The van der Waals surface area contributed by atoms with E-state index in [2.05, 4.69) is 30.7 Å². The van der Waals surface area contributed by atoms with Gasteiger partial charge in [-0.3, -0.25) is 4.79 Å². The number of hydrogen-bond donors (Lipinski definition) is 3. The molecule has 0 saturated heterocycles. The zero-order valence-corrected chi connectivity index (χ0v) is 18.3. The molecule has 9 nitrogen and oxygen atoms in total. The molecule has 1 aliphatic rings. The van der Waals surface area contributed by atoms with Crippen LogP contribution in [0.2, 0.25) is 0 Å². The Morgan fingerprint density at radius 3 is 2.73 bits per heavy atom. The molecule has 9 heteroatoms. The summed E-state index contributed by atoms with van der Waals surface area (Å²) in [6.45, 7) is 1.86. The standard InChI is InChI=1S/C24H25N7O2/c1-15-13-21(31(30-15)20-7-2-3-12-25-20)28-23(33)19-6-4-5-16-14-26-24(29-22(16)19)27-17-8-10-18(32)11-9-17/h2-7,12-14,17-18,32H,8-11H2,1H3,(H,28,33)(H,26,27,29)/t17-,18-. The SMILES string of the molecule is Cc1cc(NC(=O)c2cccc3cnc(N[C@H]4CC[C@H](O)CC4)nc23)n(-c2ccccn2)n1. The van der Waals surface area contributed by atoms with Crippen molar-refractivity contribution in [2.45, 2.75) is 44.8 Å². The van der Waals surface area contributed by atoms with Gasteiger partial charge >= 0.3 is 0 Å². The molecule has 0 spiro atoms. The van der Waals surface area contributed by atoms with Gasteiger partial charge in [-0.1, -0.05) is 18.2 Å². The summed E-state index contributed by atoms with van der Waals surface area (Å²) in [5.74, 6) is 1.34. The minimum atomic E-state index is -0.289. The molecule has 0 unspecified atom stereocenters. The number of para-hydroxylation sites is 1. The number of nitrogens with one attached hydrogen (secondary N) is 2. The first-order valence-electron chi connectivity index (χ1n) is 11.1. The van der Waals surface area contributed by atoms with Crippen LogP contribution in [0.15, 0.2) is 54.9 Å². The molecule has 5 rings (SSSR count). The third kappa shape index (κ3) is 4.54. The second-order valence-electron chi connectivity index (χ2n) is 8.31. The van der Waals surface area contributed by atoms with Crippen molar-refractivity contribution in [3.05, 3.63) is 66.1 Å². The largest absolute Gasteiger partial charge is 0.393 e. The third-order valence-electron chi connectivity index (χ3n) is 5.82. The first-order valence-corrected chi connectivity index (χ1v) is 11.1. The van der Waals surface area contributed by atoms with E-state index in [9.17, 15) is 9.90 Å². The van der Waals surface area contributed by atoms with Crippen LogP contribution in [0, 0.1) is 6.92 Å². The Hall–Kier alpha value is -3.85. The van der Waals surface area contributed by atoms with Crippen molar-refractivity contribution >= 4 is 28.6 Å². The number of fused-ring (bicyclic) bond motifs is 1. The Morgan fingerprint density at radius 1 is 1.09 bits per heavy atom. The van der Waals surface area contributed by atoms with Crippen LogP contribution in [0.5, 0.6) is 0 Å². The van der Waals surface area contributed by atoms with E-state index < -0.39 is 0 Å². The molecule has 3 N–H and O–H groups in total. The molecule has 1 amide bonds. The Morgan fingerprint density at radius 2 is 1.94 bits per heavy atom. The van der Waals surface area contributed by atoms with E-state index in [1.807, 2.05) is 37.3 Å². The quantitative estimate of drug-likeness (QED) is 0.432. The summed E-state index contributed by atoms with van der Waals surface area (Å²) in [5, 5.41) is 21.3. The summed E-state index contributed by atoms with van der Waals surface area (Å²) in [6.07, 6.45) is 6.44. The highest BCUT2D eigenvalue weighted by Crippen LogP contribution is 2.24. The van der Waals surface area contributed by atoms with Crippen molar-refractivity contribution in [1.82, 2.24) is 24.7 Å². The van der Waals surface area contributed by atoms with E-state index in [4.69, 9.17) is 0 Å². The van der Waals surface area contributed by atoms with Crippen molar-refractivity contribution in [2.75, 3.05) is 10.6 Å². The van der Waals surface area contributed by atoms with E-state index in [1.54, 1.807) is 29.2 Å². The molecule has 1 fully saturated rings. The second kappa shape index (κ2) is 8.95. The summed E-state index contributed by atoms with van der Waals surface area (Å²) >= 11 is 0. The Kier molecular flexibility index (Phi) is 5.70. The fourth-order valence-corrected chi connectivity index (χ4v) is 4.14. The zero-order chi connectivity index (χ0) is 22.8. The zero-order valence-electron chi connectivity index (χ0n) is 18.3. The maximum absolute atomic E-state index is 13.3. The van der Waals surface area contributed by atoms with Gasteiger partial charge in [0.2, 0.25) is 5.95 Å². The molecule has 1 saturated carbocycles. The molecule has 3 heterocycles. The van der Waals surface area contributed by atoms with Gasteiger partial charge in [-0.15, -0.1) is 0 Å². The molecule has 1 aromatic carbocycles. The number of aliphatic hydroxyl groups excluding tert-OH is 1. The monoisotopic (exact) mass is 443 g/mol. The number of anilines is 2. The maximum atomic E-state index is 13.3. The van der Waals surface area contributed by atoms with E-state index in [1.165, 1.54) is 0 Å². The number of benzene rings is 1. The van der Waals surface area contributed by atoms with Crippen LogP contribution in [0.1, 0.15) is 41.7 Å². The molecule has 168 valence electrons. The fourth-order valence-electron chi connectivity index (χ4n) is 4.14. The van der Waals surface area contributed by atoms with Crippen molar-refractivity contribution in [1.29, 1.82) is 0 Å². The van der Waals surface area contributed by atoms with Gasteiger partial charge in [0.25, 0.3) is 5.91 Å². The maximum Gasteiger partial charge on any atom is 0.259 e. The number of aliphatic hydroxyl groups is 1. The predicted molar refractivity (Wildman–Crippen MR) is 125 cm³/mol. The summed E-state index contributed by atoms with van der Waals surface area (Å²) < 4.78 is 1.61. The Balaban J connectivity index is 1.42. The topological polar surface area (TPSA) is 118 Å². The first-order chi connectivity index (χ1) is 16.1. The van der Waals surface area contributed by atoms with Crippen molar-refractivity contribution in [2.24, 2.45) is 0 Å². The highest BCUT2D eigenvalue weighted by atomic mass is 16.3. The fraction of sp³-hybridized carbons (Fsp3) is 0.292. The number of amides is 1. The smallest absolute Gasteiger partial charge is 0.259 e. The van der Waals surface area contributed by atoms with E-state index >= 15 is 0 Å². The normalized spacial score (nSPS) is 18.2. The van der Waals surface area contributed by atoms with E-state index in [0.717, 1.165) is 36.8 Å². The first kappa shape index (κ1) is 21.0. The van der Waals surface area contributed by atoms with Crippen molar-refractivity contribution in [3.8, 4) is 5.82 Å². The van der Waals surface area contributed by atoms with E-state index in [-0.39, 0.29) is 18.1 Å². The minimum Gasteiger partial charge on any atom is -0.393 e. The summed E-state index contributed by atoms with van der Waals surface area (Å²) in [7, 11) is 0. The number of pyridine rings is 1. The van der Waals surface area contributed by atoms with Crippen LogP contribution < -0.4 is 10.6 Å². The highest BCUT2D eigenvalue weighted by Gasteiger charge is 2.21. The van der Waals surface area contributed by atoms with Gasteiger partial charge in [0.15, 0.2) is 5.82 Å². The van der Waals surface area contributed by atoms with Gasteiger partial charge in [-0.25, -0.2) is 15.0 Å². The van der Waals surface area contributed by atoms with Gasteiger partial charge in [0.05, 0.1) is 22.9 Å². The van der Waals surface area contributed by atoms with Crippen LogP contribution in [0.25, 0.3) is 16.7 Å². The number of carbonyl (C=O) groups is 1. The van der Waals surface area contributed by atoms with Gasteiger partial charge in [0.1, 0.15) is 5.82 Å². The van der Waals surface area contributed by atoms with Crippen molar-refractivity contribution in [3.63, 3.8) is 0 Å². The lowest BCUT2D eigenvalue weighted by molar-refractivity contribution is 0.102. The molecule has 33 heavy (non-hydrogen) atoms.